The second kappa shape index (κ2) is 4.12. The third-order valence-electron chi connectivity index (χ3n) is 1.99. The van der Waals surface area contributed by atoms with E-state index in [0.717, 1.165) is 0 Å². The predicted octanol–water partition coefficient (Wildman–Crippen LogP) is 1.45. The molecule has 0 saturated heterocycles. The molecule has 1 aromatic heterocycles. The molecule has 0 fully saturated rings. The first-order valence-corrected chi connectivity index (χ1v) is 5.44. The van der Waals surface area contributed by atoms with Crippen molar-refractivity contribution in [1.82, 2.24) is 9.97 Å². The van der Waals surface area contributed by atoms with Gasteiger partial charge in [-0.25, -0.2) is 0 Å². The number of aromatic amines is 1. The van der Waals surface area contributed by atoms with E-state index < -0.39 is 5.56 Å². The number of nitrogens with zero attached hydrogens (tertiary/aromatic N) is 1. The summed E-state index contributed by atoms with van der Waals surface area (Å²) in [5.41, 5.74) is 0.220. The number of aromatic hydroxyl groups is 2. The zero-order valence-corrected chi connectivity index (χ0v) is 10.1. The van der Waals surface area contributed by atoms with Crippen molar-refractivity contribution in [3.05, 3.63) is 38.2 Å². The lowest BCUT2D eigenvalue weighted by Gasteiger charge is -2.02. The minimum atomic E-state index is -0.392. The second-order valence-electron chi connectivity index (χ2n) is 3.10. The van der Waals surface area contributed by atoms with E-state index in [1.54, 1.807) is 34.7 Å². The molecule has 82 valence electrons. The highest BCUT2D eigenvalue weighted by Crippen LogP contribution is 2.20. The summed E-state index contributed by atoms with van der Waals surface area (Å²) in [5.74, 6) is 0.0937. The largest absolute Gasteiger partial charge is 0.508 e. The molecule has 0 aliphatic heterocycles. The number of benzene rings is 1. The number of hydrogen-bond donors (Lipinski definition) is 3. The molecule has 6 heteroatoms. The van der Waals surface area contributed by atoms with Crippen LogP contribution in [0.15, 0.2) is 29.1 Å². The molecule has 16 heavy (non-hydrogen) atoms. The molecule has 2 aromatic rings. The molecule has 0 amide bonds. The second-order valence-corrected chi connectivity index (χ2v) is 4.18. The Morgan fingerprint density at radius 1 is 1.19 bits per heavy atom. The van der Waals surface area contributed by atoms with Gasteiger partial charge in [0, 0.05) is 5.56 Å². The van der Waals surface area contributed by atoms with E-state index in [0.29, 0.717) is 5.56 Å². The molecule has 0 aliphatic carbocycles. The highest BCUT2D eigenvalue weighted by molar-refractivity contribution is 14.1. The van der Waals surface area contributed by atoms with Gasteiger partial charge in [-0.1, -0.05) is 0 Å². The van der Waals surface area contributed by atoms with Gasteiger partial charge in [-0.3, -0.25) is 4.79 Å². The zero-order valence-electron chi connectivity index (χ0n) is 7.94. The Kier molecular flexibility index (Phi) is 2.82. The van der Waals surface area contributed by atoms with E-state index in [-0.39, 0.29) is 21.0 Å². The minimum Gasteiger partial charge on any atom is -0.508 e. The number of H-pyrrole nitrogens is 1. The molecule has 0 bridgehead atoms. The van der Waals surface area contributed by atoms with Crippen LogP contribution in [0.25, 0.3) is 11.4 Å². The maximum absolute atomic E-state index is 11.4. The fourth-order valence-electron chi connectivity index (χ4n) is 1.20. The molecule has 0 radical (unpaired) electrons. The maximum Gasteiger partial charge on any atom is 0.268 e. The van der Waals surface area contributed by atoms with E-state index in [4.69, 9.17) is 5.11 Å². The average Bonchev–Trinajstić information content (AvgIpc) is 2.26. The molecule has 0 unspecified atom stereocenters. The van der Waals surface area contributed by atoms with Gasteiger partial charge in [0.2, 0.25) is 5.88 Å². The van der Waals surface area contributed by atoms with Crippen molar-refractivity contribution in [2.45, 2.75) is 0 Å². The van der Waals surface area contributed by atoms with Crippen LogP contribution in [0.3, 0.4) is 0 Å². The topological polar surface area (TPSA) is 86.2 Å². The van der Waals surface area contributed by atoms with E-state index in [2.05, 4.69) is 9.97 Å². The summed E-state index contributed by atoms with van der Waals surface area (Å²) in [4.78, 5) is 17.8. The molecular weight excluding hydrogens is 323 g/mol. The number of aromatic nitrogens is 2. The third kappa shape index (κ3) is 2.01. The van der Waals surface area contributed by atoms with Crippen LogP contribution < -0.4 is 5.56 Å². The Bertz CT molecular complexity index is 578. The summed E-state index contributed by atoms with van der Waals surface area (Å²) in [5, 5.41) is 18.5. The minimum absolute atomic E-state index is 0.126. The molecule has 0 saturated carbocycles. The molecule has 0 aliphatic rings. The van der Waals surface area contributed by atoms with Crippen LogP contribution in [0.5, 0.6) is 11.6 Å². The van der Waals surface area contributed by atoms with Gasteiger partial charge >= 0.3 is 0 Å². The molecule has 2 rings (SSSR count). The molecule has 3 N–H and O–H groups in total. The summed E-state index contributed by atoms with van der Waals surface area (Å²) < 4.78 is 0.153. The van der Waals surface area contributed by atoms with E-state index in [9.17, 15) is 9.90 Å². The van der Waals surface area contributed by atoms with E-state index in [1.807, 2.05) is 0 Å². The standard InChI is InChI=1S/C10H7IN2O3/c11-7-9(15)12-8(13-10(7)16)5-1-3-6(14)4-2-5/h1-4,14H,(H2,12,13,15,16). The Hall–Kier alpha value is -1.57. The summed E-state index contributed by atoms with van der Waals surface area (Å²) >= 11 is 1.71. The summed E-state index contributed by atoms with van der Waals surface area (Å²) in [7, 11) is 0. The quantitative estimate of drug-likeness (QED) is 0.691. The first-order chi connectivity index (χ1) is 7.58. The van der Waals surface area contributed by atoms with Crippen LogP contribution in [0.1, 0.15) is 0 Å². The molecular formula is C10H7IN2O3. The number of phenolic OH excluding ortho intramolecular Hbond substituents is 1. The van der Waals surface area contributed by atoms with Gasteiger partial charge in [0.15, 0.2) is 0 Å². The number of phenols is 1. The van der Waals surface area contributed by atoms with Gasteiger partial charge in [0.05, 0.1) is 0 Å². The number of rotatable bonds is 1. The highest BCUT2D eigenvalue weighted by atomic mass is 127. The Balaban J connectivity index is 2.57. The predicted molar refractivity (Wildman–Crippen MR) is 66.3 cm³/mol. The van der Waals surface area contributed by atoms with Gasteiger partial charge in [-0.15, -0.1) is 0 Å². The van der Waals surface area contributed by atoms with E-state index in [1.165, 1.54) is 12.1 Å². The lowest BCUT2D eigenvalue weighted by Crippen LogP contribution is -2.12. The lowest BCUT2D eigenvalue weighted by molar-refractivity contribution is 0.447. The first-order valence-electron chi connectivity index (χ1n) is 4.36. The van der Waals surface area contributed by atoms with Crippen LogP contribution in [-0.2, 0) is 0 Å². The molecule has 5 nitrogen and oxygen atoms in total. The number of nitrogens with one attached hydrogen (secondary N) is 1. The third-order valence-corrected chi connectivity index (χ3v) is 2.96. The van der Waals surface area contributed by atoms with Crippen LogP contribution in [-0.4, -0.2) is 20.2 Å². The molecule has 1 aromatic carbocycles. The number of hydrogen-bond acceptors (Lipinski definition) is 4. The van der Waals surface area contributed by atoms with Crippen LogP contribution in [0, 0.1) is 3.57 Å². The van der Waals surface area contributed by atoms with Gasteiger partial charge in [-0.05, 0) is 46.9 Å². The Labute approximate surface area is 104 Å². The van der Waals surface area contributed by atoms with Gasteiger partial charge in [-0.2, -0.15) is 4.98 Å². The fourth-order valence-corrected chi connectivity index (χ4v) is 1.46. The van der Waals surface area contributed by atoms with E-state index >= 15 is 0 Å². The van der Waals surface area contributed by atoms with Crippen molar-refractivity contribution in [1.29, 1.82) is 0 Å². The fraction of sp³-hybridized carbons (Fsp3) is 0. The lowest BCUT2D eigenvalue weighted by atomic mass is 10.2. The Morgan fingerprint density at radius 2 is 1.81 bits per heavy atom. The van der Waals surface area contributed by atoms with Crippen molar-refractivity contribution in [3.63, 3.8) is 0 Å². The van der Waals surface area contributed by atoms with Gasteiger partial charge < -0.3 is 15.2 Å². The van der Waals surface area contributed by atoms with Crippen LogP contribution in [0.4, 0.5) is 0 Å². The smallest absolute Gasteiger partial charge is 0.268 e. The van der Waals surface area contributed by atoms with Gasteiger partial charge in [0.25, 0.3) is 5.56 Å². The Morgan fingerprint density at radius 3 is 2.38 bits per heavy atom. The first kappa shape index (κ1) is 10.9. The maximum atomic E-state index is 11.4. The number of halogens is 1. The summed E-state index contributed by atoms with van der Waals surface area (Å²) in [6.07, 6.45) is 0. The normalized spacial score (nSPS) is 10.3. The van der Waals surface area contributed by atoms with Crippen LogP contribution >= 0.6 is 22.6 Å². The van der Waals surface area contributed by atoms with Crippen molar-refractivity contribution in [2.24, 2.45) is 0 Å². The van der Waals surface area contributed by atoms with Crippen LogP contribution in [0.2, 0.25) is 0 Å². The molecule has 0 spiro atoms. The molecule has 1 heterocycles. The average molecular weight is 330 g/mol. The molecule has 0 atom stereocenters. The zero-order chi connectivity index (χ0) is 11.7. The van der Waals surface area contributed by atoms with Gasteiger partial charge in [0.1, 0.15) is 15.1 Å². The monoisotopic (exact) mass is 330 g/mol. The van der Waals surface area contributed by atoms with Crippen molar-refractivity contribution in [3.8, 4) is 23.0 Å². The SMILES string of the molecule is O=c1[nH]c(-c2ccc(O)cc2)nc(O)c1I. The summed E-state index contributed by atoms with van der Waals surface area (Å²) in [6.45, 7) is 0. The van der Waals surface area contributed by atoms with Crippen molar-refractivity contribution < 1.29 is 10.2 Å². The summed E-state index contributed by atoms with van der Waals surface area (Å²) in [6, 6.07) is 6.15. The van der Waals surface area contributed by atoms with Crippen molar-refractivity contribution in [2.75, 3.05) is 0 Å². The van der Waals surface area contributed by atoms with Crippen molar-refractivity contribution >= 4 is 22.6 Å². The highest BCUT2D eigenvalue weighted by Gasteiger charge is 2.08.